The van der Waals surface area contributed by atoms with E-state index in [9.17, 15) is 4.79 Å². The fraction of sp³-hybridized carbons (Fsp3) is 0.727. The van der Waals surface area contributed by atoms with E-state index in [0.29, 0.717) is 18.3 Å². The van der Waals surface area contributed by atoms with E-state index >= 15 is 0 Å². The summed E-state index contributed by atoms with van der Waals surface area (Å²) in [5.41, 5.74) is 0. The number of aromatic nitrogens is 2. The van der Waals surface area contributed by atoms with Gasteiger partial charge in [-0.3, -0.25) is 0 Å². The third-order valence-corrected chi connectivity index (χ3v) is 2.59. The highest BCUT2D eigenvalue weighted by Crippen LogP contribution is 2.42. The Bertz CT molecular complexity index is 402. The van der Waals surface area contributed by atoms with Gasteiger partial charge in [-0.15, -0.1) is 0 Å². The van der Waals surface area contributed by atoms with Gasteiger partial charge in [0.1, 0.15) is 19.3 Å². The first-order chi connectivity index (χ1) is 8.70. The van der Waals surface area contributed by atoms with E-state index in [2.05, 4.69) is 10.1 Å². The second-order valence-electron chi connectivity index (χ2n) is 4.15. The molecule has 0 bridgehead atoms. The van der Waals surface area contributed by atoms with Gasteiger partial charge >= 0.3 is 5.97 Å². The second-order valence-corrected chi connectivity index (χ2v) is 4.15. The minimum Gasteiger partial charge on any atom is -0.480 e. The van der Waals surface area contributed by atoms with Crippen molar-refractivity contribution in [2.45, 2.75) is 32.5 Å². The van der Waals surface area contributed by atoms with Crippen molar-refractivity contribution in [3.8, 4) is 0 Å². The van der Waals surface area contributed by atoms with E-state index in [1.54, 1.807) is 0 Å². The molecule has 1 unspecified atom stereocenters. The lowest BCUT2D eigenvalue weighted by Crippen LogP contribution is -2.09. The maximum Gasteiger partial charge on any atom is 0.329 e. The summed E-state index contributed by atoms with van der Waals surface area (Å²) in [6, 6.07) is 0. The summed E-state index contributed by atoms with van der Waals surface area (Å²) in [6.45, 7) is 2.14. The summed E-state index contributed by atoms with van der Waals surface area (Å²) in [7, 11) is 0. The Balaban J connectivity index is 1.89. The van der Waals surface area contributed by atoms with Crippen LogP contribution in [0.25, 0.3) is 0 Å². The van der Waals surface area contributed by atoms with Crippen molar-refractivity contribution in [1.82, 2.24) is 10.1 Å². The Labute approximate surface area is 104 Å². The summed E-state index contributed by atoms with van der Waals surface area (Å²) in [4.78, 5) is 14.4. The smallest absolute Gasteiger partial charge is 0.329 e. The molecule has 1 aromatic heterocycles. The first kappa shape index (κ1) is 13.0. The van der Waals surface area contributed by atoms with Gasteiger partial charge in [0.05, 0.1) is 0 Å². The summed E-state index contributed by atoms with van der Waals surface area (Å²) >= 11 is 0. The minimum absolute atomic E-state index is 0.00279. The number of nitrogens with zero attached hydrogens (tertiary/aromatic N) is 2. The molecule has 1 fully saturated rings. The lowest BCUT2D eigenvalue weighted by atomic mass is 10.2. The molecule has 0 aromatic carbocycles. The summed E-state index contributed by atoms with van der Waals surface area (Å²) in [5.74, 6) is 0.236. The number of aliphatic carboxylic acids is 1. The molecule has 1 heterocycles. The number of carboxylic acid groups (broad SMARTS) is 1. The minimum atomic E-state index is -1.03. The maximum atomic E-state index is 10.3. The monoisotopic (exact) mass is 256 g/mol. The number of ether oxygens (including phenoxy) is 2. The molecule has 100 valence electrons. The Kier molecular flexibility index (Phi) is 4.27. The normalized spacial score (nSPS) is 16.7. The van der Waals surface area contributed by atoms with E-state index in [0.717, 1.165) is 12.8 Å². The molecule has 0 spiro atoms. The molecule has 1 aliphatic rings. The van der Waals surface area contributed by atoms with E-state index in [-0.39, 0.29) is 25.2 Å². The van der Waals surface area contributed by atoms with Crippen molar-refractivity contribution in [1.29, 1.82) is 0 Å². The first-order valence-corrected chi connectivity index (χ1v) is 5.94. The SMILES string of the molecule is CCOC(c1noc(COCC(=O)O)n1)C1CC1. The number of carboxylic acids is 1. The molecule has 0 amide bonds. The van der Waals surface area contributed by atoms with Gasteiger partial charge in [0, 0.05) is 6.61 Å². The van der Waals surface area contributed by atoms with E-state index in [4.69, 9.17) is 19.1 Å². The van der Waals surface area contributed by atoms with Crippen molar-refractivity contribution >= 4 is 5.97 Å². The molecule has 1 atom stereocenters. The van der Waals surface area contributed by atoms with Gasteiger partial charge in [0.15, 0.2) is 0 Å². The standard InChI is InChI=1S/C11H16N2O5/c1-2-17-10(7-3-4-7)11-12-8(18-13-11)5-16-6-9(14)15/h7,10H,2-6H2,1H3,(H,14,15). The fourth-order valence-corrected chi connectivity index (χ4v) is 1.67. The molecule has 7 nitrogen and oxygen atoms in total. The van der Waals surface area contributed by atoms with Crippen LogP contribution in [0.5, 0.6) is 0 Å². The van der Waals surface area contributed by atoms with Crippen LogP contribution in [0, 0.1) is 5.92 Å². The Morgan fingerprint density at radius 3 is 3.00 bits per heavy atom. The lowest BCUT2D eigenvalue weighted by molar-refractivity contribution is -0.142. The Hall–Kier alpha value is -1.47. The molecule has 1 aromatic rings. The molecule has 0 aliphatic heterocycles. The molecular formula is C11H16N2O5. The Morgan fingerprint density at radius 1 is 1.61 bits per heavy atom. The van der Waals surface area contributed by atoms with Gasteiger partial charge in [0.2, 0.25) is 5.82 Å². The lowest BCUT2D eigenvalue weighted by Gasteiger charge is -2.10. The highest BCUT2D eigenvalue weighted by atomic mass is 16.5. The van der Waals surface area contributed by atoms with Crippen LogP contribution >= 0.6 is 0 Å². The third-order valence-electron chi connectivity index (χ3n) is 2.59. The first-order valence-electron chi connectivity index (χ1n) is 5.94. The van der Waals surface area contributed by atoms with Crippen LogP contribution in [-0.4, -0.2) is 34.4 Å². The van der Waals surface area contributed by atoms with Crippen molar-refractivity contribution in [2.24, 2.45) is 5.92 Å². The van der Waals surface area contributed by atoms with Crippen molar-refractivity contribution in [3.05, 3.63) is 11.7 Å². The van der Waals surface area contributed by atoms with Crippen molar-refractivity contribution < 1.29 is 23.9 Å². The van der Waals surface area contributed by atoms with Crippen molar-refractivity contribution in [2.75, 3.05) is 13.2 Å². The highest BCUT2D eigenvalue weighted by molar-refractivity contribution is 5.67. The summed E-state index contributed by atoms with van der Waals surface area (Å²) in [6.07, 6.45) is 2.11. The van der Waals surface area contributed by atoms with Gasteiger partial charge in [0.25, 0.3) is 5.89 Å². The average Bonchev–Trinajstić information content (AvgIpc) is 3.06. The molecule has 18 heavy (non-hydrogen) atoms. The van der Waals surface area contributed by atoms with Gasteiger partial charge in [-0.05, 0) is 25.7 Å². The number of carbonyl (C=O) groups is 1. The largest absolute Gasteiger partial charge is 0.480 e. The topological polar surface area (TPSA) is 94.7 Å². The average molecular weight is 256 g/mol. The Morgan fingerprint density at radius 2 is 2.39 bits per heavy atom. The van der Waals surface area contributed by atoms with E-state index in [1.165, 1.54) is 0 Å². The van der Waals surface area contributed by atoms with Crippen LogP contribution in [0.1, 0.15) is 37.6 Å². The zero-order valence-corrected chi connectivity index (χ0v) is 10.2. The summed E-state index contributed by atoms with van der Waals surface area (Å²) < 4.78 is 15.5. The predicted molar refractivity (Wildman–Crippen MR) is 58.7 cm³/mol. The van der Waals surface area contributed by atoms with Crippen LogP contribution in [0.4, 0.5) is 0 Å². The molecule has 1 saturated carbocycles. The molecule has 0 saturated heterocycles. The maximum absolute atomic E-state index is 10.3. The van der Waals surface area contributed by atoms with E-state index < -0.39 is 5.97 Å². The molecule has 1 aliphatic carbocycles. The number of hydrogen-bond acceptors (Lipinski definition) is 6. The van der Waals surface area contributed by atoms with Gasteiger partial charge in [-0.1, -0.05) is 5.16 Å². The van der Waals surface area contributed by atoms with Crippen LogP contribution in [0.3, 0.4) is 0 Å². The van der Waals surface area contributed by atoms with Crippen LogP contribution < -0.4 is 0 Å². The van der Waals surface area contributed by atoms with Gasteiger partial charge in [-0.2, -0.15) is 4.98 Å². The van der Waals surface area contributed by atoms with Gasteiger partial charge in [-0.25, -0.2) is 4.79 Å². The van der Waals surface area contributed by atoms with Crippen LogP contribution in [-0.2, 0) is 20.9 Å². The highest BCUT2D eigenvalue weighted by Gasteiger charge is 2.36. The number of hydrogen-bond donors (Lipinski definition) is 1. The van der Waals surface area contributed by atoms with E-state index in [1.807, 2.05) is 6.92 Å². The van der Waals surface area contributed by atoms with Crippen LogP contribution in [0.2, 0.25) is 0 Å². The molecule has 7 heteroatoms. The molecule has 2 rings (SSSR count). The predicted octanol–water partition coefficient (Wildman–Crippen LogP) is 1.16. The molecule has 0 radical (unpaired) electrons. The second kappa shape index (κ2) is 5.92. The fourth-order valence-electron chi connectivity index (χ4n) is 1.67. The third kappa shape index (κ3) is 3.51. The zero-order chi connectivity index (χ0) is 13.0. The molecule has 1 N–H and O–H groups in total. The van der Waals surface area contributed by atoms with Crippen molar-refractivity contribution in [3.63, 3.8) is 0 Å². The molecular weight excluding hydrogens is 240 g/mol. The summed E-state index contributed by atoms with van der Waals surface area (Å²) in [5, 5.41) is 12.3. The van der Waals surface area contributed by atoms with Crippen LogP contribution in [0.15, 0.2) is 4.52 Å². The zero-order valence-electron chi connectivity index (χ0n) is 10.2. The van der Waals surface area contributed by atoms with Gasteiger partial charge < -0.3 is 19.1 Å². The quantitative estimate of drug-likeness (QED) is 0.745. The number of rotatable bonds is 8.